The molecule has 0 radical (unpaired) electrons. The van der Waals surface area contributed by atoms with Gasteiger partial charge in [0, 0.05) is 43.3 Å². The molecule has 0 bridgehead atoms. The van der Waals surface area contributed by atoms with Gasteiger partial charge in [-0.15, -0.1) is 0 Å². The normalized spacial score (nSPS) is 15.9. The van der Waals surface area contributed by atoms with Gasteiger partial charge < -0.3 is 9.80 Å². The fraction of sp³-hybridized carbons (Fsp3) is 0.381. The van der Waals surface area contributed by atoms with Gasteiger partial charge in [-0.05, 0) is 48.6 Å². The van der Waals surface area contributed by atoms with Crippen LogP contribution < -0.4 is 14.5 Å². The molecule has 0 atom stereocenters. The maximum Gasteiger partial charge on any atom is 0.242 e. The van der Waals surface area contributed by atoms with Crippen molar-refractivity contribution in [2.24, 2.45) is 0 Å². The molecule has 6 nitrogen and oxygen atoms in total. The molecule has 4 rings (SSSR count). The molecule has 0 aromatic heterocycles. The number of nitrogens with one attached hydrogen (secondary N) is 1. The van der Waals surface area contributed by atoms with E-state index in [-0.39, 0.29) is 10.8 Å². The van der Waals surface area contributed by atoms with Gasteiger partial charge in [0.15, 0.2) is 0 Å². The standard InChI is InChI=1S/C21H24BrN3O3S/c1-15(26)25-11-8-17-13-18(22)14-20(21(17)25)29(27,28)23-9-12-24-10-4-6-16-5-2-3-7-19(16)24/h2-3,5,7,13-14,23H,4,6,8-12H2,1H3. The molecule has 0 spiro atoms. The van der Waals surface area contributed by atoms with Crippen molar-refractivity contribution in [1.29, 1.82) is 0 Å². The number of para-hydroxylation sites is 1. The number of nitrogens with zero attached hydrogens (tertiary/aromatic N) is 2. The van der Waals surface area contributed by atoms with Gasteiger partial charge in [0.25, 0.3) is 0 Å². The highest BCUT2D eigenvalue weighted by molar-refractivity contribution is 9.10. The Balaban J connectivity index is 1.53. The fourth-order valence-electron chi connectivity index (χ4n) is 4.23. The summed E-state index contributed by atoms with van der Waals surface area (Å²) in [7, 11) is -3.75. The zero-order valence-corrected chi connectivity index (χ0v) is 18.7. The molecule has 0 saturated heterocycles. The van der Waals surface area contributed by atoms with Crippen LogP contribution in [0.25, 0.3) is 0 Å². The highest BCUT2D eigenvalue weighted by Crippen LogP contribution is 2.37. The molecular weight excluding hydrogens is 454 g/mol. The molecule has 2 aromatic rings. The second-order valence-corrected chi connectivity index (χ2v) is 10.1. The van der Waals surface area contributed by atoms with E-state index in [9.17, 15) is 13.2 Å². The van der Waals surface area contributed by atoms with Crippen LogP contribution in [-0.2, 0) is 27.7 Å². The largest absolute Gasteiger partial charge is 0.370 e. The lowest BCUT2D eigenvalue weighted by Crippen LogP contribution is -2.38. The number of hydrogen-bond acceptors (Lipinski definition) is 4. The smallest absolute Gasteiger partial charge is 0.242 e. The average Bonchev–Trinajstić information content (AvgIpc) is 3.11. The molecule has 2 aliphatic heterocycles. The quantitative estimate of drug-likeness (QED) is 0.718. The van der Waals surface area contributed by atoms with Gasteiger partial charge in [-0.25, -0.2) is 13.1 Å². The molecule has 2 heterocycles. The third kappa shape index (κ3) is 4.06. The van der Waals surface area contributed by atoms with E-state index < -0.39 is 10.0 Å². The van der Waals surface area contributed by atoms with Crippen LogP contribution in [0.4, 0.5) is 11.4 Å². The van der Waals surface area contributed by atoms with Crippen molar-refractivity contribution < 1.29 is 13.2 Å². The zero-order valence-electron chi connectivity index (χ0n) is 16.3. The minimum Gasteiger partial charge on any atom is -0.370 e. The highest BCUT2D eigenvalue weighted by atomic mass is 79.9. The van der Waals surface area contributed by atoms with E-state index >= 15 is 0 Å². The van der Waals surface area contributed by atoms with E-state index in [4.69, 9.17) is 0 Å². The van der Waals surface area contributed by atoms with E-state index in [1.54, 1.807) is 11.0 Å². The summed E-state index contributed by atoms with van der Waals surface area (Å²) in [6.45, 7) is 3.80. The molecule has 2 aromatic carbocycles. The Hall–Kier alpha value is -1.90. The molecule has 8 heteroatoms. The van der Waals surface area contributed by atoms with E-state index in [0.717, 1.165) is 24.9 Å². The van der Waals surface area contributed by atoms with Crippen LogP contribution in [0.2, 0.25) is 0 Å². The molecule has 0 unspecified atom stereocenters. The first-order valence-corrected chi connectivity index (χ1v) is 12.1. The van der Waals surface area contributed by atoms with Crippen LogP contribution in [0.3, 0.4) is 0 Å². The summed E-state index contributed by atoms with van der Waals surface area (Å²) in [6, 6.07) is 11.8. The number of carbonyl (C=O) groups is 1. The maximum atomic E-state index is 13.1. The molecule has 0 aliphatic carbocycles. The number of amides is 1. The maximum absolute atomic E-state index is 13.1. The number of aryl methyl sites for hydroxylation is 1. The molecule has 29 heavy (non-hydrogen) atoms. The summed E-state index contributed by atoms with van der Waals surface area (Å²) in [5.74, 6) is -0.146. The monoisotopic (exact) mass is 477 g/mol. The Bertz CT molecular complexity index is 1060. The number of sulfonamides is 1. The van der Waals surface area contributed by atoms with Gasteiger partial charge >= 0.3 is 0 Å². The topological polar surface area (TPSA) is 69.7 Å². The molecule has 154 valence electrons. The van der Waals surface area contributed by atoms with E-state index in [1.807, 2.05) is 18.2 Å². The van der Waals surface area contributed by atoms with Crippen molar-refractivity contribution in [3.8, 4) is 0 Å². The third-order valence-electron chi connectivity index (χ3n) is 5.54. The summed E-state index contributed by atoms with van der Waals surface area (Å²) in [6.07, 6.45) is 2.78. The van der Waals surface area contributed by atoms with Crippen LogP contribution in [0, 0.1) is 0 Å². The molecule has 2 aliphatic rings. The zero-order chi connectivity index (χ0) is 20.6. The Kier molecular flexibility index (Phi) is 5.68. The lowest BCUT2D eigenvalue weighted by molar-refractivity contribution is -0.116. The first kappa shape index (κ1) is 20.4. The van der Waals surface area contributed by atoms with Crippen LogP contribution in [0.1, 0.15) is 24.5 Å². The number of hydrogen-bond donors (Lipinski definition) is 1. The van der Waals surface area contributed by atoms with Gasteiger partial charge in [-0.3, -0.25) is 4.79 Å². The van der Waals surface area contributed by atoms with Crippen LogP contribution in [-0.4, -0.2) is 40.5 Å². The van der Waals surface area contributed by atoms with Gasteiger partial charge in [0.1, 0.15) is 4.90 Å². The van der Waals surface area contributed by atoms with Gasteiger partial charge in [-0.2, -0.15) is 0 Å². The fourth-order valence-corrected chi connectivity index (χ4v) is 6.18. The van der Waals surface area contributed by atoms with Crippen molar-refractivity contribution in [2.45, 2.75) is 31.1 Å². The van der Waals surface area contributed by atoms with E-state index in [0.29, 0.717) is 36.2 Å². The minimum absolute atomic E-state index is 0.146. The van der Waals surface area contributed by atoms with E-state index in [1.165, 1.54) is 18.2 Å². The van der Waals surface area contributed by atoms with Crippen LogP contribution in [0.5, 0.6) is 0 Å². The van der Waals surface area contributed by atoms with Crippen molar-refractivity contribution >= 4 is 43.2 Å². The Morgan fingerprint density at radius 1 is 1.14 bits per heavy atom. The third-order valence-corrected chi connectivity index (χ3v) is 7.48. The Morgan fingerprint density at radius 3 is 2.72 bits per heavy atom. The highest BCUT2D eigenvalue weighted by Gasteiger charge is 2.31. The SMILES string of the molecule is CC(=O)N1CCc2cc(Br)cc(S(=O)(=O)NCCN3CCCc4ccccc43)c21. The van der Waals surface area contributed by atoms with Crippen LogP contribution >= 0.6 is 15.9 Å². The molecular formula is C21H24BrN3O3S. The first-order valence-electron chi connectivity index (χ1n) is 9.80. The predicted octanol–water partition coefficient (Wildman–Crippen LogP) is 3.09. The number of fused-ring (bicyclic) bond motifs is 2. The summed E-state index contributed by atoms with van der Waals surface area (Å²) in [5.41, 5.74) is 3.88. The number of rotatable bonds is 5. The predicted molar refractivity (Wildman–Crippen MR) is 118 cm³/mol. The summed E-state index contributed by atoms with van der Waals surface area (Å²) in [4.78, 5) is 15.9. The molecule has 0 saturated carbocycles. The summed E-state index contributed by atoms with van der Waals surface area (Å²) < 4.78 is 29.7. The van der Waals surface area contributed by atoms with Crippen molar-refractivity contribution in [3.05, 3.63) is 52.0 Å². The minimum atomic E-state index is -3.75. The Morgan fingerprint density at radius 2 is 1.93 bits per heavy atom. The van der Waals surface area contributed by atoms with Gasteiger partial charge in [0.05, 0.1) is 5.69 Å². The summed E-state index contributed by atoms with van der Waals surface area (Å²) in [5, 5.41) is 0. The first-order chi connectivity index (χ1) is 13.9. The number of carbonyl (C=O) groups excluding carboxylic acids is 1. The second kappa shape index (κ2) is 8.08. The van der Waals surface area contributed by atoms with E-state index in [2.05, 4.69) is 37.7 Å². The van der Waals surface area contributed by atoms with Gasteiger partial charge in [-0.1, -0.05) is 34.1 Å². The number of halogens is 1. The Labute approximate surface area is 180 Å². The summed E-state index contributed by atoms with van der Waals surface area (Å²) >= 11 is 3.41. The number of anilines is 2. The van der Waals surface area contributed by atoms with Gasteiger partial charge in [0.2, 0.25) is 15.9 Å². The lowest BCUT2D eigenvalue weighted by atomic mass is 10.0. The van der Waals surface area contributed by atoms with Crippen molar-refractivity contribution in [3.63, 3.8) is 0 Å². The molecule has 1 N–H and O–H groups in total. The van der Waals surface area contributed by atoms with Crippen LogP contribution in [0.15, 0.2) is 45.8 Å². The molecule has 0 fully saturated rings. The van der Waals surface area contributed by atoms with Crippen molar-refractivity contribution in [2.75, 3.05) is 36.0 Å². The molecule has 1 amide bonds. The number of benzene rings is 2. The van der Waals surface area contributed by atoms with Crippen molar-refractivity contribution in [1.82, 2.24) is 4.72 Å². The lowest BCUT2D eigenvalue weighted by Gasteiger charge is -2.31. The second-order valence-electron chi connectivity index (χ2n) is 7.45. The average molecular weight is 478 g/mol.